The minimum atomic E-state index is -0.0373. The highest BCUT2D eigenvalue weighted by molar-refractivity contribution is 7.99. The van der Waals surface area contributed by atoms with E-state index in [9.17, 15) is 10.1 Å². The van der Waals surface area contributed by atoms with E-state index in [1.165, 1.54) is 11.3 Å². The summed E-state index contributed by atoms with van der Waals surface area (Å²) in [7, 11) is 0. The van der Waals surface area contributed by atoms with Gasteiger partial charge in [0.05, 0.1) is 10.6 Å². The molecule has 6 heteroatoms. The van der Waals surface area contributed by atoms with Crippen LogP contribution in [0.5, 0.6) is 0 Å². The van der Waals surface area contributed by atoms with Gasteiger partial charge in [0.25, 0.3) is 0 Å². The Morgan fingerprint density at radius 3 is 3.00 bits per heavy atom. The van der Waals surface area contributed by atoms with Crippen molar-refractivity contribution in [1.82, 2.24) is 4.98 Å². The van der Waals surface area contributed by atoms with Gasteiger partial charge in [-0.05, 0) is 49.8 Å². The van der Waals surface area contributed by atoms with E-state index in [1.807, 2.05) is 25.3 Å². The van der Waals surface area contributed by atoms with Crippen LogP contribution in [0.2, 0.25) is 0 Å². The minimum absolute atomic E-state index is 0.0373. The summed E-state index contributed by atoms with van der Waals surface area (Å²) in [5, 5.41) is 14.0. The summed E-state index contributed by atoms with van der Waals surface area (Å²) in [6, 6.07) is 6.27. The first-order valence-electron chi connectivity index (χ1n) is 8.07. The molecule has 124 valence electrons. The molecule has 1 amide bonds. The number of thioether (sulfide) groups is 1. The molecule has 0 radical (unpaired) electrons. The molecular weight excluding hydrogens is 338 g/mol. The highest BCUT2D eigenvalue weighted by Crippen LogP contribution is 2.37. The number of thiophene rings is 1. The fourth-order valence-electron chi connectivity index (χ4n) is 2.75. The van der Waals surface area contributed by atoms with E-state index >= 15 is 0 Å². The lowest BCUT2D eigenvalue weighted by Gasteiger charge is -2.09. The molecule has 0 aromatic carbocycles. The zero-order chi connectivity index (χ0) is 16.9. The van der Waals surface area contributed by atoms with Gasteiger partial charge in [-0.15, -0.1) is 23.1 Å². The van der Waals surface area contributed by atoms with Crippen molar-refractivity contribution in [1.29, 1.82) is 5.26 Å². The minimum Gasteiger partial charge on any atom is -0.317 e. The number of aromatic nitrogens is 1. The number of rotatable bonds is 5. The number of fused-ring (bicyclic) bond motifs is 1. The van der Waals surface area contributed by atoms with Crippen LogP contribution in [0.3, 0.4) is 0 Å². The summed E-state index contributed by atoms with van der Waals surface area (Å²) in [5.41, 5.74) is 2.96. The van der Waals surface area contributed by atoms with Crippen molar-refractivity contribution in [3.63, 3.8) is 0 Å². The highest BCUT2D eigenvalue weighted by atomic mass is 32.2. The first-order valence-corrected chi connectivity index (χ1v) is 9.87. The number of aryl methyl sites for hydroxylation is 2. The third-order valence-corrected chi connectivity index (χ3v) is 6.15. The zero-order valence-electron chi connectivity index (χ0n) is 13.6. The number of amides is 1. The molecule has 0 fully saturated rings. The van der Waals surface area contributed by atoms with Crippen LogP contribution in [0, 0.1) is 18.3 Å². The van der Waals surface area contributed by atoms with E-state index in [0.717, 1.165) is 40.4 Å². The number of pyridine rings is 1. The average Bonchev–Trinajstić information content (AvgIpc) is 2.93. The van der Waals surface area contributed by atoms with Gasteiger partial charge in [0.15, 0.2) is 0 Å². The van der Waals surface area contributed by atoms with E-state index in [1.54, 1.807) is 23.1 Å². The molecule has 0 bridgehead atoms. The van der Waals surface area contributed by atoms with Crippen LogP contribution in [0.25, 0.3) is 0 Å². The quantitative estimate of drug-likeness (QED) is 0.809. The van der Waals surface area contributed by atoms with Crippen LogP contribution in [0.4, 0.5) is 5.00 Å². The number of anilines is 1. The van der Waals surface area contributed by atoms with Crippen molar-refractivity contribution in [2.24, 2.45) is 0 Å². The van der Waals surface area contributed by atoms with E-state index in [2.05, 4.69) is 16.4 Å². The summed E-state index contributed by atoms with van der Waals surface area (Å²) >= 11 is 3.14. The summed E-state index contributed by atoms with van der Waals surface area (Å²) in [6.07, 6.45) is 6.53. The maximum absolute atomic E-state index is 12.2. The summed E-state index contributed by atoms with van der Waals surface area (Å²) in [4.78, 5) is 17.8. The molecule has 1 aliphatic rings. The summed E-state index contributed by atoms with van der Waals surface area (Å²) in [5.74, 6) is 0.638. The molecule has 4 nitrogen and oxygen atoms in total. The van der Waals surface area contributed by atoms with Crippen LogP contribution in [0.15, 0.2) is 23.4 Å². The van der Waals surface area contributed by atoms with Crippen molar-refractivity contribution in [3.05, 3.63) is 39.9 Å². The van der Waals surface area contributed by atoms with Crippen LogP contribution >= 0.6 is 23.1 Å². The topological polar surface area (TPSA) is 65.8 Å². The van der Waals surface area contributed by atoms with Crippen molar-refractivity contribution in [3.8, 4) is 6.07 Å². The number of nitrogens with zero attached hydrogens (tertiary/aromatic N) is 2. The summed E-state index contributed by atoms with van der Waals surface area (Å²) in [6.45, 7) is 2.00. The van der Waals surface area contributed by atoms with E-state index < -0.39 is 0 Å². The van der Waals surface area contributed by atoms with Crippen molar-refractivity contribution in [2.45, 2.75) is 44.1 Å². The molecule has 0 aliphatic heterocycles. The Kier molecular flexibility index (Phi) is 5.54. The molecule has 24 heavy (non-hydrogen) atoms. The fraction of sp³-hybridized carbons (Fsp3) is 0.389. The van der Waals surface area contributed by atoms with Gasteiger partial charge in [0.1, 0.15) is 11.1 Å². The van der Waals surface area contributed by atoms with Crippen LogP contribution < -0.4 is 5.32 Å². The molecule has 2 aromatic heterocycles. The number of nitrogens with one attached hydrogen (secondary N) is 1. The van der Waals surface area contributed by atoms with Crippen molar-refractivity contribution in [2.75, 3.05) is 11.1 Å². The van der Waals surface area contributed by atoms with E-state index in [4.69, 9.17) is 0 Å². The molecule has 0 spiro atoms. The lowest BCUT2D eigenvalue weighted by Crippen LogP contribution is -2.12. The first kappa shape index (κ1) is 17.0. The van der Waals surface area contributed by atoms with Gasteiger partial charge in [-0.3, -0.25) is 4.79 Å². The lowest BCUT2D eigenvalue weighted by molar-refractivity contribution is -0.115. The molecule has 0 saturated carbocycles. The lowest BCUT2D eigenvalue weighted by atomic mass is 9.96. The van der Waals surface area contributed by atoms with E-state index in [-0.39, 0.29) is 5.91 Å². The smallest absolute Gasteiger partial charge is 0.225 e. The molecule has 1 aliphatic carbocycles. The molecule has 0 atom stereocenters. The molecular formula is C18H19N3OS2. The van der Waals surface area contributed by atoms with Gasteiger partial charge in [-0.1, -0.05) is 6.07 Å². The Balaban J connectivity index is 1.56. The summed E-state index contributed by atoms with van der Waals surface area (Å²) < 4.78 is 0. The second kappa shape index (κ2) is 7.82. The van der Waals surface area contributed by atoms with Gasteiger partial charge in [-0.25, -0.2) is 4.98 Å². The monoisotopic (exact) mass is 357 g/mol. The van der Waals surface area contributed by atoms with Gasteiger partial charge >= 0.3 is 0 Å². The molecule has 3 rings (SSSR count). The van der Waals surface area contributed by atoms with Crippen LogP contribution in [-0.4, -0.2) is 16.6 Å². The van der Waals surface area contributed by atoms with Gasteiger partial charge in [0.2, 0.25) is 5.91 Å². The molecule has 0 unspecified atom stereocenters. The molecule has 1 N–H and O–H groups in total. The maximum atomic E-state index is 12.2. The molecule has 0 saturated heterocycles. The average molecular weight is 358 g/mol. The Morgan fingerprint density at radius 1 is 1.42 bits per heavy atom. The van der Waals surface area contributed by atoms with Crippen LogP contribution in [0.1, 0.15) is 40.8 Å². The zero-order valence-corrected chi connectivity index (χ0v) is 15.2. The van der Waals surface area contributed by atoms with Crippen molar-refractivity contribution < 1.29 is 4.79 Å². The molecule has 2 aromatic rings. The second-order valence-corrected chi connectivity index (χ2v) is 8.07. The molecule has 2 heterocycles. The Bertz CT molecular complexity index is 775. The SMILES string of the molecule is Cc1ccc(SCCC(=O)Nc2sc3c(c2C#N)CCCC3)nc1. The van der Waals surface area contributed by atoms with Crippen molar-refractivity contribution >= 4 is 34.0 Å². The normalized spacial score (nSPS) is 13.2. The van der Waals surface area contributed by atoms with Gasteiger partial charge in [-0.2, -0.15) is 5.26 Å². The third kappa shape index (κ3) is 3.97. The van der Waals surface area contributed by atoms with Crippen LogP contribution in [-0.2, 0) is 17.6 Å². The van der Waals surface area contributed by atoms with Gasteiger partial charge in [0, 0.05) is 23.2 Å². The maximum Gasteiger partial charge on any atom is 0.225 e. The second-order valence-electron chi connectivity index (χ2n) is 5.85. The largest absolute Gasteiger partial charge is 0.317 e. The number of hydrogen-bond donors (Lipinski definition) is 1. The predicted molar refractivity (Wildman–Crippen MR) is 98.6 cm³/mol. The third-order valence-electron chi connectivity index (χ3n) is 4.00. The Hall–Kier alpha value is -1.84. The number of nitriles is 1. The Morgan fingerprint density at radius 2 is 2.25 bits per heavy atom. The highest BCUT2D eigenvalue weighted by Gasteiger charge is 2.21. The standard InChI is InChI=1S/C18H19N3OS2/c1-12-6-7-17(20-11-12)23-9-8-16(22)21-18-14(10-19)13-4-2-3-5-15(13)24-18/h6-7,11H,2-5,8-9H2,1H3,(H,21,22). The number of carbonyl (C=O) groups is 1. The predicted octanol–water partition coefficient (Wildman–Crippen LogP) is 4.32. The number of carbonyl (C=O) groups excluding carboxylic acids is 1. The Labute approximate surface area is 150 Å². The number of hydrogen-bond acceptors (Lipinski definition) is 5. The van der Waals surface area contributed by atoms with E-state index in [0.29, 0.717) is 17.7 Å². The fourth-order valence-corrected chi connectivity index (χ4v) is 4.79. The first-order chi connectivity index (χ1) is 11.7. The van der Waals surface area contributed by atoms with Gasteiger partial charge < -0.3 is 5.32 Å².